The Kier molecular flexibility index (Phi) is 8.73. The maximum atomic E-state index is 13.4. The number of ether oxygens (including phenoxy) is 1. The molecule has 3 rings (SSSR count). The number of nitrogens with zero attached hydrogens (tertiary/aromatic N) is 2. The summed E-state index contributed by atoms with van der Waals surface area (Å²) in [6, 6.07) is 12.5. The highest BCUT2D eigenvalue weighted by molar-refractivity contribution is 7.90. The van der Waals surface area contributed by atoms with E-state index in [1.807, 2.05) is 32.9 Å². The van der Waals surface area contributed by atoms with E-state index in [2.05, 4.69) is 5.32 Å². The molecule has 1 aliphatic heterocycles. The van der Waals surface area contributed by atoms with E-state index in [0.29, 0.717) is 12.2 Å². The Bertz CT molecular complexity index is 1230. The first-order valence-corrected chi connectivity index (χ1v) is 13.4. The summed E-state index contributed by atoms with van der Waals surface area (Å²) in [6.07, 6.45) is 0.516. The number of benzene rings is 2. The van der Waals surface area contributed by atoms with Gasteiger partial charge in [0, 0.05) is 25.6 Å². The largest absolute Gasteiger partial charge is 0.497 e. The Morgan fingerprint density at radius 1 is 1.11 bits per heavy atom. The van der Waals surface area contributed by atoms with Crippen LogP contribution in [0.4, 0.5) is 0 Å². The molecular weight excluding hydrogens is 482 g/mol. The minimum Gasteiger partial charge on any atom is -0.497 e. The average molecular weight is 516 g/mol. The van der Waals surface area contributed by atoms with Crippen molar-refractivity contribution in [1.29, 1.82) is 0 Å². The first kappa shape index (κ1) is 27.2. The molecule has 0 spiro atoms. The number of fused-ring (bicyclic) bond motifs is 1. The smallest absolute Gasteiger partial charge is 0.269 e. The van der Waals surface area contributed by atoms with Crippen molar-refractivity contribution in [2.24, 2.45) is 0 Å². The highest BCUT2D eigenvalue weighted by Gasteiger charge is 2.40. The normalized spacial score (nSPS) is 14.9. The molecule has 2 aromatic rings. The molecular formula is C26H33N3O6S. The van der Waals surface area contributed by atoms with Gasteiger partial charge in [0.15, 0.2) is 0 Å². The molecule has 0 saturated carbocycles. The van der Waals surface area contributed by atoms with Crippen LogP contribution in [0, 0.1) is 0 Å². The van der Waals surface area contributed by atoms with Crippen LogP contribution < -0.4 is 10.1 Å². The lowest BCUT2D eigenvalue weighted by Crippen LogP contribution is -2.50. The Morgan fingerprint density at radius 2 is 1.83 bits per heavy atom. The Hall–Kier alpha value is -3.40. The van der Waals surface area contributed by atoms with E-state index in [-0.39, 0.29) is 54.2 Å². The molecule has 1 N–H and O–H groups in total. The van der Waals surface area contributed by atoms with Crippen LogP contribution in [-0.4, -0.2) is 61.1 Å². The number of carbonyl (C=O) groups is 3. The molecule has 0 fully saturated rings. The Labute approximate surface area is 212 Å². The van der Waals surface area contributed by atoms with Crippen molar-refractivity contribution < 1.29 is 27.5 Å². The van der Waals surface area contributed by atoms with Gasteiger partial charge in [0.05, 0.1) is 12.7 Å². The first-order chi connectivity index (χ1) is 17.1. The molecule has 1 atom stereocenters. The quantitative estimate of drug-likeness (QED) is 0.492. The first-order valence-electron chi connectivity index (χ1n) is 12.0. The van der Waals surface area contributed by atoms with Crippen LogP contribution >= 0.6 is 0 Å². The minimum absolute atomic E-state index is 0.0163. The van der Waals surface area contributed by atoms with E-state index in [4.69, 9.17) is 4.74 Å². The summed E-state index contributed by atoms with van der Waals surface area (Å²) in [5.41, 5.74) is 0.936. The lowest BCUT2D eigenvalue weighted by Gasteiger charge is -2.31. The minimum atomic E-state index is -3.94. The molecule has 3 amide bonds. The summed E-state index contributed by atoms with van der Waals surface area (Å²) in [4.78, 5) is 40.5. The molecule has 2 aromatic carbocycles. The van der Waals surface area contributed by atoms with Crippen LogP contribution in [0.25, 0.3) is 0 Å². The van der Waals surface area contributed by atoms with Gasteiger partial charge >= 0.3 is 0 Å². The third-order valence-corrected chi connectivity index (χ3v) is 7.81. The van der Waals surface area contributed by atoms with Crippen LogP contribution in [0.1, 0.15) is 56.0 Å². The van der Waals surface area contributed by atoms with Gasteiger partial charge in [-0.05, 0) is 56.5 Å². The SMILES string of the molecule is CC[C@H](C(=O)NC(C)C)N(Cc1cccc(OC)c1)C(=O)CCCN1C(=O)c2ccccc2S1(=O)=O. The van der Waals surface area contributed by atoms with E-state index in [1.54, 1.807) is 31.4 Å². The van der Waals surface area contributed by atoms with Crippen molar-refractivity contribution >= 4 is 27.7 Å². The van der Waals surface area contributed by atoms with Crippen LogP contribution in [0.2, 0.25) is 0 Å². The average Bonchev–Trinajstić information content (AvgIpc) is 3.04. The van der Waals surface area contributed by atoms with Gasteiger partial charge in [-0.2, -0.15) is 0 Å². The zero-order chi connectivity index (χ0) is 26.5. The predicted molar refractivity (Wildman–Crippen MR) is 135 cm³/mol. The topological polar surface area (TPSA) is 113 Å². The summed E-state index contributed by atoms with van der Waals surface area (Å²) in [7, 11) is -2.38. The molecule has 0 aliphatic carbocycles. The van der Waals surface area contributed by atoms with Crippen molar-refractivity contribution in [3.05, 3.63) is 59.7 Å². The van der Waals surface area contributed by atoms with E-state index >= 15 is 0 Å². The lowest BCUT2D eigenvalue weighted by molar-refractivity contribution is -0.141. The number of sulfonamides is 1. The third-order valence-electron chi connectivity index (χ3n) is 5.97. The van der Waals surface area contributed by atoms with Crippen LogP contribution in [0.3, 0.4) is 0 Å². The molecule has 10 heteroatoms. The van der Waals surface area contributed by atoms with Crippen molar-refractivity contribution in [2.75, 3.05) is 13.7 Å². The molecule has 0 aromatic heterocycles. The number of amides is 3. The summed E-state index contributed by atoms with van der Waals surface area (Å²) in [6.45, 7) is 5.60. The number of nitrogens with one attached hydrogen (secondary N) is 1. The number of hydrogen-bond acceptors (Lipinski definition) is 6. The third kappa shape index (κ3) is 5.87. The monoisotopic (exact) mass is 515 g/mol. The van der Waals surface area contributed by atoms with Crippen molar-refractivity contribution in [2.45, 2.75) is 63.6 Å². The predicted octanol–water partition coefficient (Wildman–Crippen LogP) is 2.95. The molecule has 0 radical (unpaired) electrons. The summed E-state index contributed by atoms with van der Waals surface area (Å²) in [5, 5.41) is 2.88. The number of methoxy groups -OCH3 is 1. The van der Waals surface area contributed by atoms with Crippen LogP contribution in [0.5, 0.6) is 5.75 Å². The van der Waals surface area contributed by atoms with Gasteiger partial charge in [-0.25, -0.2) is 12.7 Å². The maximum absolute atomic E-state index is 13.4. The molecule has 9 nitrogen and oxygen atoms in total. The van der Waals surface area contributed by atoms with E-state index < -0.39 is 22.0 Å². The number of carbonyl (C=O) groups excluding carboxylic acids is 3. The van der Waals surface area contributed by atoms with Crippen molar-refractivity contribution in [1.82, 2.24) is 14.5 Å². The van der Waals surface area contributed by atoms with Gasteiger partial charge in [-0.3, -0.25) is 14.4 Å². The summed E-state index contributed by atoms with van der Waals surface area (Å²) >= 11 is 0. The van der Waals surface area contributed by atoms with E-state index in [1.165, 1.54) is 17.0 Å². The van der Waals surface area contributed by atoms with Gasteiger partial charge in [-0.1, -0.05) is 31.2 Å². The van der Waals surface area contributed by atoms with Crippen molar-refractivity contribution in [3.8, 4) is 5.75 Å². The zero-order valence-corrected chi connectivity index (χ0v) is 21.9. The molecule has 194 valence electrons. The van der Waals surface area contributed by atoms with Crippen molar-refractivity contribution in [3.63, 3.8) is 0 Å². The second kappa shape index (κ2) is 11.6. The summed E-state index contributed by atoms with van der Waals surface area (Å²) < 4.78 is 31.7. The summed E-state index contributed by atoms with van der Waals surface area (Å²) in [5.74, 6) is -0.507. The number of rotatable bonds is 11. The number of hydrogen-bond donors (Lipinski definition) is 1. The fraction of sp³-hybridized carbons (Fsp3) is 0.423. The molecule has 1 aliphatic rings. The zero-order valence-electron chi connectivity index (χ0n) is 21.1. The second-order valence-corrected chi connectivity index (χ2v) is 10.8. The van der Waals surface area contributed by atoms with Gasteiger partial charge in [0.25, 0.3) is 15.9 Å². The fourth-order valence-electron chi connectivity index (χ4n) is 4.24. The second-order valence-electron chi connectivity index (χ2n) is 8.94. The van der Waals surface area contributed by atoms with Crippen LogP contribution in [-0.2, 0) is 26.2 Å². The Morgan fingerprint density at radius 3 is 2.47 bits per heavy atom. The van der Waals surface area contributed by atoms with Gasteiger partial charge in [0.2, 0.25) is 11.8 Å². The molecule has 1 heterocycles. The van der Waals surface area contributed by atoms with Gasteiger partial charge < -0.3 is 15.0 Å². The molecule has 0 unspecified atom stereocenters. The lowest BCUT2D eigenvalue weighted by atomic mass is 10.1. The van der Waals surface area contributed by atoms with E-state index in [9.17, 15) is 22.8 Å². The highest BCUT2D eigenvalue weighted by Crippen LogP contribution is 2.30. The molecule has 0 saturated heterocycles. The Balaban J connectivity index is 1.76. The molecule has 0 bridgehead atoms. The van der Waals surface area contributed by atoms with Gasteiger partial charge in [0.1, 0.15) is 16.7 Å². The van der Waals surface area contributed by atoms with Gasteiger partial charge in [-0.15, -0.1) is 0 Å². The molecule has 36 heavy (non-hydrogen) atoms. The fourth-order valence-corrected chi connectivity index (χ4v) is 5.84. The highest BCUT2D eigenvalue weighted by atomic mass is 32.2. The standard InChI is InChI=1S/C26H33N3O6S/c1-5-22(25(31)27-18(2)3)28(17-19-10-8-11-20(16-19)35-4)24(30)14-9-15-29-26(32)21-12-6-7-13-23(21)36(29,33)34/h6-8,10-13,16,18,22H,5,9,14-15,17H2,1-4H3,(H,27,31)/t22-/m1/s1. The van der Waals surface area contributed by atoms with E-state index in [0.717, 1.165) is 9.87 Å². The van der Waals surface area contributed by atoms with Crippen LogP contribution in [0.15, 0.2) is 53.4 Å². The maximum Gasteiger partial charge on any atom is 0.269 e.